The van der Waals surface area contributed by atoms with Gasteiger partial charge in [0.05, 0.1) is 5.56 Å². The molecule has 102 valence electrons. The summed E-state index contributed by atoms with van der Waals surface area (Å²) in [7, 11) is 1.41. The van der Waals surface area contributed by atoms with Gasteiger partial charge in [-0.05, 0) is 18.2 Å². The fourth-order valence-corrected chi connectivity index (χ4v) is 1.91. The van der Waals surface area contributed by atoms with E-state index in [-0.39, 0.29) is 22.6 Å². The van der Waals surface area contributed by atoms with E-state index in [1.54, 1.807) is 0 Å². The molecule has 20 heavy (non-hydrogen) atoms. The first-order chi connectivity index (χ1) is 9.47. The van der Waals surface area contributed by atoms with Crippen LogP contribution in [0.15, 0.2) is 27.8 Å². The molecule has 0 bridgehead atoms. The molecule has 2 heterocycles. The van der Waals surface area contributed by atoms with E-state index >= 15 is 0 Å². The second-order valence-electron chi connectivity index (χ2n) is 4.23. The van der Waals surface area contributed by atoms with Crippen LogP contribution in [0, 0.1) is 11.6 Å². The highest BCUT2D eigenvalue weighted by atomic mass is 19.1. The van der Waals surface area contributed by atoms with Crippen LogP contribution < -0.4 is 11.2 Å². The molecule has 0 aliphatic heterocycles. The fourth-order valence-electron chi connectivity index (χ4n) is 1.91. The number of benzene rings is 1. The van der Waals surface area contributed by atoms with Crippen LogP contribution in [0.3, 0.4) is 0 Å². The van der Waals surface area contributed by atoms with Gasteiger partial charge in [0.1, 0.15) is 23.0 Å². The summed E-state index contributed by atoms with van der Waals surface area (Å²) < 4.78 is 28.0. The summed E-state index contributed by atoms with van der Waals surface area (Å²) in [6.07, 6.45) is 0. The van der Waals surface area contributed by atoms with E-state index in [1.165, 1.54) is 7.05 Å². The molecule has 3 aromatic rings. The lowest BCUT2D eigenvalue weighted by Gasteiger charge is -1.98. The number of aryl methyl sites for hydroxylation is 1. The van der Waals surface area contributed by atoms with Crippen molar-refractivity contribution in [3.05, 3.63) is 50.7 Å². The van der Waals surface area contributed by atoms with Crippen molar-refractivity contribution < 1.29 is 8.78 Å². The van der Waals surface area contributed by atoms with Crippen molar-refractivity contribution >= 4 is 11.2 Å². The van der Waals surface area contributed by atoms with E-state index in [9.17, 15) is 18.4 Å². The van der Waals surface area contributed by atoms with Crippen molar-refractivity contribution in [1.82, 2.24) is 19.5 Å². The Morgan fingerprint density at radius 1 is 1.20 bits per heavy atom. The summed E-state index contributed by atoms with van der Waals surface area (Å²) in [6.45, 7) is 0. The third kappa shape index (κ3) is 1.73. The van der Waals surface area contributed by atoms with E-state index in [4.69, 9.17) is 0 Å². The maximum Gasteiger partial charge on any atom is 0.329 e. The molecular weight excluding hydrogens is 270 g/mol. The SMILES string of the molecule is Cn1c(=O)[nH]c(=O)c2[nH]c(-c3cc(F)ccc3F)nc21. The Labute approximate surface area is 109 Å². The van der Waals surface area contributed by atoms with Gasteiger partial charge in [-0.3, -0.25) is 14.3 Å². The number of hydrogen-bond acceptors (Lipinski definition) is 3. The number of imidazole rings is 1. The predicted molar refractivity (Wildman–Crippen MR) is 67.3 cm³/mol. The fraction of sp³-hybridized carbons (Fsp3) is 0.0833. The molecule has 0 spiro atoms. The lowest BCUT2D eigenvalue weighted by atomic mass is 10.2. The molecule has 6 nitrogen and oxygen atoms in total. The number of aromatic nitrogens is 4. The Balaban J connectivity index is 2.37. The number of fused-ring (bicyclic) bond motifs is 1. The van der Waals surface area contributed by atoms with Gasteiger partial charge in [0.15, 0.2) is 5.65 Å². The Kier molecular flexibility index (Phi) is 2.53. The van der Waals surface area contributed by atoms with Crippen molar-refractivity contribution in [3.8, 4) is 11.4 Å². The van der Waals surface area contributed by atoms with E-state index in [0.29, 0.717) is 0 Å². The zero-order chi connectivity index (χ0) is 14.4. The zero-order valence-corrected chi connectivity index (χ0v) is 10.2. The molecule has 0 aliphatic rings. The van der Waals surface area contributed by atoms with Gasteiger partial charge in [-0.1, -0.05) is 0 Å². The molecule has 8 heteroatoms. The molecular formula is C12H8F2N4O2. The average molecular weight is 278 g/mol. The van der Waals surface area contributed by atoms with Crippen molar-refractivity contribution in [2.75, 3.05) is 0 Å². The van der Waals surface area contributed by atoms with Gasteiger partial charge in [-0.25, -0.2) is 18.6 Å². The van der Waals surface area contributed by atoms with Crippen molar-refractivity contribution in [3.63, 3.8) is 0 Å². The van der Waals surface area contributed by atoms with Gasteiger partial charge in [-0.2, -0.15) is 0 Å². The third-order valence-electron chi connectivity index (χ3n) is 2.94. The maximum atomic E-state index is 13.7. The summed E-state index contributed by atoms with van der Waals surface area (Å²) in [4.78, 5) is 31.7. The Bertz CT molecular complexity index is 939. The number of rotatable bonds is 1. The van der Waals surface area contributed by atoms with Crippen molar-refractivity contribution in [2.24, 2.45) is 7.05 Å². The summed E-state index contributed by atoms with van der Waals surface area (Å²) in [5.74, 6) is -1.35. The molecule has 1 aromatic carbocycles. The van der Waals surface area contributed by atoms with Crippen LogP contribution in [-0.4, -0.2) is 19.5 Å². The van der Waals surface area contributed by atoms with Gasteiger partial charge >= 0.3 is 5.69 Å². The summed E-state index contributed by atoms with van der Waals surface area (Å²) >= 11 is 0. The lowest BCUT2D eigenvalue weighted by Crippen LogP contribution is -2.28. The van der Waals surface area contributed by atoms with Gasteiger partial charge < -0.3 is 4.98 Å². The van der Waals surface area contributed by atoms with Crippen LogP contribution in [0.4, 0.5) is 8.78 Å². The third-order valence-corrected chi connectivity index (χ3v) is 2.94. The van der Waals surface area contributed by atoms with Crippen LogP contribution in [0.1, 0.15) is 0 Å². The quantitative estimate of drug-likeness (QED) is 0.693. The van der Waals surface area contributed by atoms with Crippen LogP contribution in [0.25, 0.3) is 22.6 Å². The summed E-state index contributed by atoms with van der Waals surface area (Å²) in [5, 5.41) is 0. The van der Waals surface area contributed by atoms with Gasteiger partial charge in [0.2, 0.25) is 0 Å². The summed E-state index contributed by atoms with van der Waals surface area (Å²) in [5.41, 5.74) is -1.34. The second-order valence-corrected chi connectivity index (χ2v) is 4.23. The minimum absolute atomic E-state index is 0.0192. The first-order valence-electron chi connectivity index (χ1n) is 5.62. The molecule has 0 fully saturated rings. The van der Waals surface area contributed by atoms with Crippen LogP contribution in [0.5, 0.6) is 0 Å². The molecule has 0 saturated carbocycles. The number of H-pyrrole nitrogens is 2. The van der Waals surface area contributed by atoms with Gasteiger partial charge in [0.25, 0.3) is 5.56 Å². The molecule has 3 rings (SSSR count). The molecule has 0 unspecified atom stereocenters. The number of nitrogens with zero attached hydrogens (tertiary/aromatic N) is 2. The maximum absolute atomic E-state index is 13.7. The monoisotopic (exact) mass is 278 g/mol. The van der Waals surface area contributed by atoms with Crippen LogP contribution in [0.2, 0.25) is 0 Å². The highest BCUT2D eigenvalue weighted by Crippen LogP contribution is 2.22. The van der Waals surface area contributed by atoms with Crippen LogP contribution in [-0.2, 0) is 7.05 Å². The molecule has 0 amide bonds. The smallest absolute Gasteiger partial charge is 0.329 e. The lowest BCUT2D eigenvalue weighted by molar-refractivity contribution is 0.602. The first kappa shape index (κ1) is 12.3. The van der Waals surface area contributed by atoms with Crippen molar-refractivity contribution in [2.45, 2.75) is 0 Å². The van der Waals surface area contributed by atoms with E-state index in [1.807, 2.05) is 0 Å². The highest BCUT2D eigenvalue weighted by molar-refractivity contribution is 5.75. The Hall–Kier alpha value is -2.77. The normalized spacial score (nSPS) is 11.2. The topological polar surface area (TPSA) is 83.5 Å². The number of halogens is 2. The molecule has 2 aromatic heterocycles. The number of nitrogens with one attached hydrogen (secondary N) is 2. The highest BCUT2D eigenvalue weighted by Gasteiger charge is 2.15. The largest absolute Gasteiger partial charge is 0.332 e. The van der Waals surface area contributed by atoms with E-state index in [0.717, 1.165) is 22.8 Å². The molecule has 0 atom stereocenters. The van der Waals surface area contributed by atoms with Crippen LogP contribution >= 0.6 is 0 Å². The minimum atomic E-state index is -0.688. The van der Waals surface area contributed by atoms with Gasteiger partial charge in [-0.15, -0.1) is 0 Å². The second kappa shape index (κ2) is 4.12. The predicted octanol–water partition coefficient (Wildman–Crippen LogP) is 0.895. The Morgan fingerprint density at radius 2 is 1.95 bits per heavy atom. The van der Waals surface area contributed by atoms with Crippen molar-refractivity contribution in [1.29, 1.82) is 0 Å². The average Bonchev–Trinajstić information content (AvgIpc) is 2.84. The Morgan fingerprint density at radius 3 is 2.70 bits per heavy atom. The van der Waals surface area contributed by atoms with E-state index < -0.39 is 22.9 Å². The standard InChI is InChI=1S/C12H8F2N4O2/c1-18-10-8(11(19)17-12(18)20)15-9(16-10)6-4-5(13)2-3-7(6)14/h2-4H,1H3,(H,15,16)(H,17,19,20). The molecule has 0 radical (unpaired) electrons. The van der Waals surface area contributed by atoms with Gasteiger partial charge in [0, 0.05) is 7.05 Å². The first-order valence-corrected chi connectivity index (χ1v) is 5.62. The van der Waals surface area contributed by atoms with E-state index in [2.05, 4.69) is 15.0 Å². The minimum Gasteiger partial charge on any atom is -0.332 e. The molecule has 0 saturated heterocycles. The zero-order valence-electron chi connectivity index (χ0n) is 10.2. The molecule has 0 aliphatic carbocycles. The number of hydrogen-bond donors (Lipinski definition) is 2. The number of aromatic amines is 2. The molecule has 2 N–H and O–H groups in total. The summed E-state index contributed by atoms with van der Waals surface area (Å²) in [6, 6.07) is 2.89.